The summed E-state index contributed by atoms with van der Waals surface area (Å²) in [5.74, 6) is 1.25. The van der Waals surface area contributed by atoms with Crippen LogP contribution in [0.1, 0.15) is 53.1 Å². The Morgan fingerprint density at radius 2 is 1.33 bits per heavy atom. The predicted molar refractivity (Wildman–Crippen MR) is 217 cm³/mol. The predicted octanol–water partition coefficient (Wildman–Crippen LogP) is 3.58. The van der Waals surface area contributed by atoms with Crippen LogP contribution in [0.5, 0.6) is 11.5 Å². The Bertz CT molecular complexity index is 2620. The van der Waals surface area contributed by atoms with E-state index >= 15 is 0 Å². The van der Waals surface area contributed by atoms with Gasteiger partial charge in [-0.15, -0.1) is 0 Å². The lowest BCUT2D eigenvalue weighted by atomic mass is 9.79. The molecule has 0 bridgehead atoms. The van der Waals surface area contributed by atoms with Crippen molar-refractivity contribution in [2.75, 3.05) is 34.0 Å². The number of nitrogens with zero attached hydrogens (tertiary/aromatic N) is 2. The third-order valence-corrected chi connectivity index (χ3v) is 12.7. The number of aromatic amines is 2. The van der Waals surface area contributed by atoms with Gasteiger partial charge in [-0.3, -0.25) is 42.3 Å². The van der Waals surface area contributed by atoms with Crippen molar-refractivity contribution < 1.29 is 46.9 Å². The number of aromatic nitrogens is 4. The molecule has 3 aliphatic rings. The fourth-order valence-electron chi connectivity index (χ4n) is 7.95. The van der Waals surface area contributed by atoms with E-state index in [0.717, 1.165) is 21.3 Å². The summed E-state index contributed by atoms with van der Waals surface area (Å²) in [5, 5.41) is 10.9. The third kappa shape index (κ3) is 8.09. The molecule has 18 nitrogen and oxygen atoms in total. The largest absolute Gasteiger partial charge is 0.497 e. The number of H-pyrrole nitrogens is 2. The first-order valence-corrected chi connectivity index (χ1v) is 20.9. The molecule has 0 spiro atoms. The Hall–Kier alpha value is -5.43. The van der Waals surface area contributed by atoms with E-state index < -0.39 is 85.5 Å². The molecular formula is C42H45N4O14P. The number of hydrogen-bond acceptors (Lipinski definition) is 14. The molecule has 3 N–H and O–H groups in total. The van der Waals surface area contributed by atoms with Gasteiger partial charge in [0.2, 0.25) is 0 Å². The monoisotopic (exact) mass is 860 g/mol. The number of phosphoric ester groups is 1. The van der Waals surface area contributed by atoms with E-state index in [1.807, 2.05) is 78.9 Å². The second-order valence-electron chi connectivity index (χ2n) is 15.2. The van der Waals surface area contributed by atoms with Crippen LogP contribution in [0.15, 0.2) is 110 Å². The minimum atomic E-state index is -4.44. The van der Waals surface area contributed by atoms with Gasteiger partial charge in [0.25, 0.3) is 11.1 Å². The highest BCUT2D eigenvalue weighted by Crippen LogP contribution is 2.60. The number of ether oxygens (including phenoxy) is 5. The van der Waals surface area contributed by atoms with Gasteiger partial charge in [0.1, 0.15) is 47.4 Å². The van der Waals surface area contributed by atoms with Crippen molar-refractivity contribution in [2.24, 2.45) is 0 Å². The zero-order valence-corrected chi connectivity index (χ0v) is 34.6. The van der Waals surface area contributed by atoms with Gasteiger partial charge < -0.3 is 28.8 Å². The summed E-state index contributed by atoms with van der Waals surface area (Å²) in [6.45, 7) is 1.96. The van der Waals surface area contributed by atoms with Gasteiger partial charge in [-0.05, 0) is 54.8 Å². The van der Waals surface area contributed by atoms with Crippen LogP contribution in [0.3, 0.4) is 0 Å². The number of aryl methyl sites for hydroxylation is 2. The van der Waals surface area contributed by atoms with Crippen LogP contribution >= 0.6 is 7.82 Å². The molecule has 61 heavy (non-hydrogen) atoms. The molecule has 7 atom stereocenters. The van der Waals surface area contributed by atoms with Crippen molar-refractivity contribution in [3.63, 3.8) is 0 Å². The van der Waals surface area contributed by atoms with Gasteiger partial charge in [-0.25, -0.2) is 14.2 Å². The van der Waals surface area contributed by atoms with E-state index in [0.29, 0.717) is 11.5 Å². The lowest BCUT2D eigenvalue weighted by molar-refractivity contribution is -0.191. The van der Waals surface area contributed by atoms with Gasteiger partial charge in [-0.2, -0.15) is 0 Å². The number of benzene rings is 3. The molecule has 2 aromatic heterocycles. The Morgan fingerprint density at radius 1 is 0.787 bits per heavy atom. The summed E-state index contributed by atoms with van der Waals surface area (Å²) in [5.41, 5.74) is -2.68. The Balaban J connectivity index is 1.12. The summed E-state index contributed by atoms with van der Waals surface area (Å²) < 4.78 is 65.4. The highest BCUT2D eigenvalue weighted by Gasteiger charge is 2.59. The average Bonchev–Trinajstić information content (AvgIpc) is 3.83. The van der Waals surface area contributed by atoms with E-state index in [-0.39, 0.29) is 30.6 Å². The number of methoxy groups -OCH3 is 2. The summed E-state index contributed by atoms with van der Waals surface area (Å²) >= 11 is 0. The Labute approximate surface area is 348 Å². The van der Waals surface area contributed by atoms with E-state index in [9.17, 15) is 28.8 Å². The standard InChI is InChI=1S/C42H45N4O14P/c1-25-20-45(39(50)43-37(25)48)35-18-32(47)33(58-35)22-56-61(52)57-24-41(34(60-61)19-36(59-41)46-21-26(2)38(49)44-40(46)51)23-55-42(27-8-6-5-7-9-27,28-10-14-30(53-3)15-11-28)29-12-16-31(54-4)17-13-29/h5-17,20-21,32-36,47H,18-19,22-24H2,1-4H3,(H,43,48,50)(H,44,49,51)/t32-,33+,34-,35+,36+,41-,61+/m0/s1. The van der Waals surface area contributed by atoms with E-state index in [2.05, 4.69) is 9.97 Å². The SMILES string of the molecule is COc1ccc(C(OC[C@]23CO[P@@](=O)(OC[C@H]4O[C@@H](n5cc(C)c(=O)[nH]c5=O)C[C@@H]4O)O[C@H]2C[C@H](n2cc(C)c(=O)[nH]c2=O)O3)(c2ccccc2)c2ccc(OC)cc2)cc1. The van der Waals surface area contributed by atoms with Crippen molar-refractivity contribution in [2.45, 2.75) is 68.7 Å². The molecular weight excluding hydrogens is 815 g/mol. The van der Waals surface area contributed by atoms with Crippen molar-refractivity contribution in [3.8, 4) is 11.5 Å². The molecule has 0 unspecified atom stereocenters. The first-order valence-electron chi connectivity index (χ1n) is 19.5. The summed E-state index contributed by atoms with van der Waals surface area (Å²) in [7, 11) is -1.29. The quantitative estimate of drug-likeness (QED) is 0.114. The molecule has 322 valence electrons. The van der Waals surface area contributed by atoms with Crippen LogP contribution in [0.4, 0.5) is 0 Å². The van der Waals surface area contributed by atoms with Crippen molar-refractivity contribution in [3.05, 3.63) is 161 Å². The normalized spacial score (nSPS) is 26.2. The highest BCUT2D eigenvalue weighted by atomic mass is 31.2. The first kappa shape index (κ1) is 42.3. The smallest absolute Gasteiger partial charge is 0.475 e. The molecule has 19 heteroatoms. The fourth-order valence-corrected chi connectivity index (χ4v) is 9.44. The molecule has 8 rings (SSSR count). The summed E-state index contributed by atoms with van der Waals surface area (Å²) in [6.07, 6.45) is -2.65. The first-order chi connectivity index (χ1) is 29.3. The van der Waals surface area contributed by atoms with Crippen LogP contribution in [0, 0.1) is 13.8 Å². The second-order valence-corrected chi connectivity index (χ2v) is 16.8. The van der Waals surface area contributed by atoms with Gasteiger partial charge in [0.15, 0.2) is 0 Å². The minimum Gasteiger partial charge on any atom is -0.497 e. The van der Waals surface area contributed by atoms with Crippen LogP contribution in [0.2, 0.25) is 0 Å². The van der Waals surface area contributed by atoms with Gasteiger partial charge >= 0.3 is 19.2 Å². The molecule has 0 saturated carbocycles. The highest BCUT2D eigenvalue weighted by molar-refractivity contribution is 7.48. The number of phosphoric acid groups is 1. The van der Waals surface area contributed by atoms with Gasteiger partial charge in [0.05, 0.1) is 40.1 Å². The molecule has 3 aliphatic heterocycles. The molecule has 3 saturated heterocycles. The second kappa shape index (κ2) is 16.8. The molecule has 5 aromatic rings. The van der Waals surface area contributed by atoms with E-state index in [1.54, 1.807) is 21.1 Å². The molecule has 5 heterocycles. The fraction of sp³-hybridized carbons (Fsp3) is 0.381. The van der Waals surface area contributed by atoms with E-state index in [4.69, 9.17) is 37.3 Å². The summed E-state index contributed by atoms with van der Waals surface area (Å²) in [4.78, 5) is 54.5. The lowest BCUT2D eigenvalue weighted by Crippen LogP contribution is -2.53. The van der Waals surface area contributed by atoms with Gasteiger partial charge in [0, 0.05) is 36.4 Å². The number of fused-ring (bicyclic) bond motifs is 1. The maximum Gasteiger partial charge on any atom is 0.475 e. The Kier molecular flexibility index (Phi) is 11.6. The lowest BCUT2D eigenvalue weighted by Gasteiger charge is -2.43. The summed E-state index contributed by atoms with van der Waals surface area (Å²) in [6, 6.07) is 24.4. The molecule has 3 fully saturated rings. The zero-order valence-electron chi connectivity index (χ0n) is 33.7. The van der Waals surface area contributed by atoms with Crippen molar-refractivity contribution >= 4 is 7.82 Å². The van der Waals surface area contributed by atoms with Crippen LogP contribution in [-0.2, 0) is 37.9 Å². The number of aliphatic hydroxyl groups excluding tert-OH is 1. The van der Waals surface area contributed by atoms with E-state index in [1.165, 1.54) is 23.9 Å². The van der Waals surface area contributed by atoms with Crippen LogP contribution < -0.4 is 32.0 Å². The van der Waals surface area contributed by atoms with Crippen molar-refractivity contribution in [1.29, 1.82) is 0 Å². The van der Waals surface area contributed by atoms with Crippen LogP contribution in [-0.4, -0.2) is 82.2 Å². The molecule has 3 aromatic carbocycles. The number of aliphatic hydroxyl groups is 1. The minimum absolute atomic E-state index is 0.0249. The molecule has 0 amide bonds. The molecule has 0 aliphatic carbocycles. The van der Waals surface area contributed by atoms with Crippen molar-refractivity contribution in [1.82, 2.24) is 19.1 Å². The average molecular weight is 861 g/mol. The maximum atomic E-state index is 14.3. The topological polar surface area (TPSA) is 221 Å². The Morgan fingerprint density at radius 3 is 1.89 bits per heavy atom. The maximum absolute atomic E-state index is 14.3. The number of rotatable bonds is 13. The molecule has 0 radical (unpaired) electrons. The number of hydrogen-bond donors (Lipinski definition) is 3. The van der Waals surface area contributed by atoms with Gasteiger partial charge in [-0.1, -0.05) is 54.6 Å². The zero-order chi connectivity index (χ0) is 43.1. The van der Waals surface area contributed by atoms with Crippen LogP contribution in [0.25, 0.3) is 0 Å². The third-order valence-electron chi connectivity index (χ3n) is 11.3. The number of nitrogens with one attached hydrogen (secondary N) is 2.